The summed E-state index contributed by atoms with van der Waals surface area (Å²) in [6.45, 7) is 7.11. The Labute approximate surface area is 186 Å². The zero-order valence-electron chi connectivity index (χ0n) is 17.2. The molecule has 1 atom stereocenters. The Morgan fingerprint density at radius 2 is 1.83 bits per heavy atom. The van der Waals surface area contributed by atoms with Crippen molar-refractivity contribution in [2.24, 2.45) is 11.7 Å². The van der Waals surface area contributed by atoms with Gasteiger partial charge in [-0.3, -0.25) is 4.79 Å². The van der Waals surface area contributed by atoms with Gasteiger partial charge in [-0.2, -0.15) is 0 Å². The molecule has 1 aromatic carbocycles. The number of anilines is 1. The van der Waals surface area contributed by atoms with Crippen LogP contribution in [0.3, 0.4) is 0 Å². The second kappa shape index (κ2) is 12.6. The van der Waals surface area contributed by atoms with Crippen LogP contribution in [0.4, 0.5) is 10.1 Å². The summed E-state index contributed by atoms with van der Waals surface area (Å²) < 4.78 is 14.7. The number of nitrogens with one attached hydrogen (secondary N) is 1. The maximum absolute atomic E-state index is 14.7. The Morgan fingerprint density at radius 1 is 1.17 bits per heavy atom. The topological polar surface area (TPSA) is 61.6 Å². The summed E-state index contributed by atoms with van der Waals surface area (Å²) in [5.41, 5.74) is 6.87. The fraction of sp³-hybridized carbons (Fsp3) is 0.667. The number of nitrogens with two attached hydrogens (primary N) is 1. The first kappa shape index (κ1) is 26.0. The van der Waals surface area contributed by atoms with Gasteiger partial charge in [-0.15, -0.1) is 24.8 Å². The largest absolute Gasteiger partial charge is 0.367 e. The third-order valence-electron chi connectivity index (χ3n) is 6.16. The van der Waals surface area contributed by atoms with Crippen molar-refractivity contribution in [2.45, 2.75) is 45.1 Å². The van der Waals surface area contributed by atoms with Gasteiger partial charge in [0.1, 0.15) is 5.82 Å². The average molecular weight is 449 g/mol. The average Bonchev–Trinajstić information content (AvgIpc) is 2.72. The van der Waals surface area contributed by atoms with E-state index < -0.39 is 0 Å². The molecule has 3 rings (SSSR count). The molecule has 1 saturated carbocycles. The molecule has 1 heterocycles. The number of amides is 1. The van der Waals surface area contributed by atoms with E-state index in [1.54, 1.807) is 12.1 Å². The Kier molecular flexibility index (Phi) is 11.3. The highest BCUT2D eigenvalue weighted by atomic mass is 35.5. The highest BCUT2D eigenvalue weighted by Gasteiger charge is 2.25. The molecular weight excluding hydrogens is 414 g/mol. The predicted octanol–water partition coefficient (Wildman–Crippen LogP) is 3.45. The molecule has 2 aliphatic rings. The lowest BCUT2D eigenvalue weighted by Gasteiger charge is -2.35. The highest BCUT2D eigenvalue weighted by Crippen LogP contribution is 2.27. The lowest BCUT2D eigenvalue weighted by atomic mass is 9.84. The van der Waals surface area contributed by atoms with Gasteiger partial charge in [0.2, 0.25) is 0 Å². The molecule has 1 aromatic rings. The molecule has 1 saturated heterocycles. The second-order valence-electron chi connectivity index (χ2n) is 7.80. The number of hydrogen-bond donors (Lipinski definition) is 2. The molecule has 2 fully saturated rings. The molecule has 1 amide bonds. The number of halogens is 3. The van der Waals surface area contributed by atoms with Crippen LogP contribution in [0.1, 0.15) is 49.4 Å². The first-order valence-corrected chi connectivity index (χ1v) is 10.4. The molecule has 0 spiro atoms. The van der Waals surface area contributed by atoms with Crippen molar-refractivity contribution < 1.29 is 9.18 Å². The van der Waals surface area contributed by atoms with E-state index in [0.717, 1.165) is 45.6 Å². The van der Waals surface area contributed by atoms with E-state index in [0.29, 0.717) is 23.7 Å². The molecule has 1 aliphatic heterocycles. The van der Waals surface area contributed by atoms with Crippen LogP contribution in [-0.4, -0.2) is 56.1 Å². The van der Waals surface area contributed by atoms with E-state index in [1.807, 2.05) is 0 Å². The van der Waals surface area contributed by atoms with Crippen LogP contribution in [-0.2, 0) is 0 Å². The van der Waals surface area contributed by atoms with Gasteiger partial charge in [-0.1, -0.05) is 26.2 Å². The summed E-state index contributed by atoms with van der Waals surface area (Å²) in [6.07, 6.45) is 5.89. The predicted molar refractivity (Wildman–Crippen MR) is 122 cm³/mol. The van der Waals surface area contributed by atoms with Gasteiger partial charge in [0, 0.05) is 44.3 Å². The Hall–Kier alpha value is -1.08. The fourth-order valence-electron chi connectivity index (χ4n) is 4.37. The van der Waals surface area contributed by atoms with Gasteiger partial charge in [-0.25, -0.2) is 4.39 Å². The van der Waals surface area contributed by atoms with Crippen molar-refractivity contribution >= 4 is 36.4 Å². The summed E-state index contributed by atoms with van der Waals surface area (Å²) in [6, 6.07) is 4.81. The molecule has 0 radical (unpaired) electrons. The van der Waals surface area contributed by atoms with E-state index in [4.69, 9.17) is 5.73 Å². The number of carbonyl (C=O) groups is 1. The minimum absolute atomic E-state index is 0. The molecule has 0 bridgehead atoms. The molecule has 0 aromatic heterocycles. The van der Waals surface area contributed by atoms with Crippen LogP contribution >= 0.6 is 24.8 Å². The summed E-state index contributed by atoms with van der Waals surface area (Å²) >= 11 is 0. The Bertz CT molecular complexity index is 635. The normalized spacial score (nSPS) is 19.1. The zero-order valence-corrected chi connectivity index (χ0v) is 18.9. The third-order valence-corrected chi connectivity index (χ3v) is 6.16. The van der Waals surface area contributed by atoms with Crippen LogP contribution in [0.2, 0.25) is 0 Å². The van der Waals surface area contributed by atoms with E-state index >= 15 is 0 Å². The first-order chi connectivity index (χ1) is 13.1. The number of carbonyl (C=O) groups excluding carboxylic acids is 1. The summed E-state index contributed by atoms with van der Waals surface area (Å²) in [5, 5.41) is 3.04. The van der Waals surface area contributed by atoms with Crippen molar-refractivity contribution in [3.63, 3.8) is 0 Å². The molecule has 8 heteroatoms. The van der Waals surface area contributed by atoms with Gasteiger partial charge >= 0.3 is 0 Å². The summed E-state index contributed by atoms with van der Waals surface area (Å²) in [7, 11) is 0. The molecule has 1 unspecified atom stereocenters. The monoisotopic (exact) mass is 448 g/mol. The number of nitrogens with zero attached hydrogens (tertiary/aromatic N) is 2. The van der Waals surface area contributed by atoms with Crippen LogP contribution in [0, 0.1) is 11.7 Å². The minimum Gasteiger partial charge on any atom is -0.367 e. The number of hydrogen-bond acceptors (Lipinski definition) is 4. The summed E-state index contributed by atoms with van der Waals surface area (Å²) in [4.78, 5) is 17.0. The number of rotatable bonds is 6. The first-order valence-electron chi connectivity index (χ1n) is 10.4. The van der Waals surface area contributed by atoms with E-state index in [9.17, 15) is 9.18 Å². The lowest BCUT2D eigenvalue weighted by molar-refractivity contribution is 0.0915. The Balaban J connectivity index is 0.00000210. The lowest BCUT2D eigenvalue weighted by Crippen LogP contribution is -2.46. The number of likely N-dealkylation sites (N-methyl/N-ethyl adjacent to an activating group) is 1. The van der Waals surface area contributed by atoms with Crippen LogP contribution in [0.5, 0.6) is 0 Å². The minimum atomic E-state index is -0.324. The molecule has 3 N–H and O–H groups in total. The molecule has 5 nitrogen and oxygen atoms in total. The highest BCUT2D eigenvalue weighted by molar-refractivity contribution is 5.94. The van der Waals surface area contributed by atoms with Gasteiger partial charge in [0.15, 0.2) is 0 Å². The van der Waals surface area contributed by atoms with E-state index in [2.05, 4.69) is 22.0 Å². The van der Waals surface area contributed by atoms with Crippen LogP contribution in [0.15, 0.2) is 18.2 Å². The van der Waals surface area contributed by atoms with Gasteiger partial charge in [-0.05, 0) is 43.5 Å². The fourth-order valence-corrected chi connectivity index (χ4v) is 4.37. The molecule has 29 heavy (non-hydrogen) atoms. The van der Waals surface area contributed by atoms with Gasteiger partial charge in [0.25, 0.3) is 5.91 Å². The third kappa shape index (κ3) is 6.71. The quantitative estimate of drug-likeness (QED) is 0.699. The van der Waals surface area contributed by atoms with Crippen molar-refractivity contribution in [1.29, 1.82) is 0 Å². The SMILES string of the molecule is CCN1CCN(c2ccc(C(=O)NC(CN)C3CCCCC3)cc2F)CC1.Cl.Cl. The number of benzene rings is 1. The van der Waals surface area contributed by atoms with E-state index in [1.165, 1.54) is 25.3 Å². The van der Waals surface area contributed by atoms with Crippen LogP contribution in [0.25, 0.3) is 0 Å². The smallest absolute Gasteiger partial charge is 0.251 e. The van der Waals surface area contributed by atoms with Crippen molar-refractivity contribution in [3.8, 4) is 0 Å². The maximum Gasteiger partial charge on any atom is 0.251 e. The molecular formula is C21H35Cl2FN4O. The van der Waals surface area contributed by atoms with Crippen LogP contribution < -0.4 is 16.0 Å². The van der Waals surface area contributed by atoms with E-state index in [-0.39, 0.29) is 42.6 Å². The second-order valence-corrected chi connectivity index (χ2v) is 7.80. The van der Waals surface area contributed by atoms with Gasteiger partial charge in [0.05, 0.1) is 5.69 Å². The molecule has 166 valence electrons. The van der Waals surface area contributed by atoms with Crippen molar-refractivity contribution in [1.82, 2.24) is 10.2 Å². The number of piperazine rings is 1. The van der Waals surface area contributed by atoms with Crippen molar-refractivity contribution in [2.75, 3.05) is 44.2 Å². The standard InChI is InChI=1S/C21H33FN4O.2ClH/c1-2-25-10-12-26(13-11-25)20-9-8-17(14-18(20)22)21(27)24-19(15-23)16-6-4-3-5-7-16;;/h8-9,14,16,19H,2-7,10-13,15,23H2,1H3,(H,24,27);2*1H. The maximum atomic E-state index is 14.7. The van der Waals surface area contributed by atoms with Gasteiger partial charge < -0.3 is 20.9 Å². The molecule has 1 aliphatic carbocycles. The Morgan fingerprint density at radius 3 is 2.38 bits per heavy atom. The zero-order chi connectivity index (χ0) is 19.2. The van der Waals surface area contributed by atoms with Crippen molar-refractivity contribution in [3.05, 3.63) is 29.6 Å². The summed E-state index contributed by atoms with van der Waals surface area (Å²) in [5.74, 6) is -0.112.